The van der Waals surface area contributed by atoms with E-state index in [-0.39, 0.29) is 11.1 Å². The SMILES string of the molecule is C[Si](C)(C)OC(CC(F)(F)F)(c1ccccc1)C(CC(F)(F)F)(O[Si](C)(C)C)c1ccccc1. The summed E-state index contributed by atoms with van der Waals surface area (Å²) >= 11 is 0. The summed E-state index contributed by atoms with van der Waals surface area (Å²) in [6.07, 6.45) is -13.0. The molecule has 0 amide bonds. The first-order valence-corrected chi connectivity index (χ1v) is 17.8. The summed E-state index contributed by atoms with van der Waals surface area (Å²) in [5.74, 6) is 0. The smallest absolute Gasteiger partial charge is 0.392 e. The Balaban J connectivity index is 3.13. The predicted octanol–water partition coefficient (Wildman–Crippen LogP) is 8.39. The number of halogens is 6. The second-order valence-electron chi connectivity index (χ2n) is 10.4. The molecular formula is C24H32F6O2Si2. The lowest BCUT2D eigenvalue weighted by Crippen LogP contribution is -2.62. The second-order valence-corrected chi connectivity index (χ2v) is 19.3. The minimum Gasteiger partial charge on any atom is -0.404 e. The van der Waals surface area contributed by atoms with Gasteiger partial charge in [-0.15, -0.1) is 0 Å². The van der Waals surface area contributed by atoms with E-state index in [4.69, 9.17) is 8.85 Å². The van der Waals surface area contributed by atoms with Gasteiger partial charge in [-0.1, -0.05) is 60.7 Å². The average molecular weight is 523 g/mol. The minimum absolute atomic E-state index is 0.00102. The van der Waals surface area contributed by atoms with Crippen LogP contribution in [0.3, 0.4) is 0 Å². The second kappa shape index (κ2) is 9.79. The summed E-state index contributed by atoms with van der Waals surface area (Å²) in [6.45, 7) is 9.99. The van der Waals surface area contributed by atoms with Crippen LogP contribution in [0.4, 0.5) is 26.3 Å². The van der Waals surface area contributed by atoms with Crippen LogP contribution in [0.5, 0.6) is 0 Å². The Morgan fingerprint density at radius 3 is 1.00 bits per heavy atom. The normalized spacial score (nSPS) is 17.2. The van der Waals surface area contributed by atoms with Gasteiger partial charge >= 0.3 is 12.4 Å². The van der Waals surface area contributed by atoms with Gasteiger partial charge in [-0.3, -0.25) is 0 Å². The van der Waals surface area contributed by atoms with Gasteiger partial charge in [0.15, 0.2) is 16.6 Å². The molecule has 0 saturated heterocycles. The molecule has 0 bridgehead atoms. The fourth-order valence-corrected chi connectivity index (χ4v) is 7.14. The maximum atomic E-state index is 14.3. The summed E-state index contributed by atoms with van der Waals surface area (Å²) in [4.78, 5) is 0. The third-order valence-electron chi connectivity index (χ3n) is 4.99. The van der Waals surface area contributed by atoms with Gasteiger partial charge in [0.05, 0.1) is 12.8 Å². The van der Waals surface area contributed by atoms with Crippen molar-refractivity contribution in [3.8, 4) is 0 Å². The van der Waals surface area contributed by atoms with Crippen molar-refractivity contribution in [2.75, 3.05) is 0 Å². The molecule has 2 aromatic rings. The van der Waals surface area contributed by atoms with Gasteiger partial charge in [0.25, 0.3) is 0 Å². The molecule has 2 atom stereocenters. The van der Waals surface area contributed by atoms with Crippen LogP contribution in [0.2, 0.25) is 39.3 Å². The number of benzene rings is 2. The minimum atomic E-state index is -4.84. The number of hydrogen-bond donors (Lipinski definition) is 0. The zero-order chi connectivity index (χ0) is 26.1. The summed E-state index contributed by atoms with van der Waals surface area (Å²) in [6, 6.07) is 14.8. The van der Waals surface area contributed by atoms with Crippen molar-refractivity contribution >= 4 is 16.6 Å². The van der Waals surface area contributed by atoms with Crippen molar-refractivity contribution in [1.29, 1.82) is 0 Å². The molecule has 0 N–H and O–H groups in total. The summed E-state index contributed by atoms with van der Waals surface area (Å²) in [5, 5.41) is 0. The molecule has 0 radical (unpaired) electrons. The van der Waals surface area contributed by atoms with Crippen LogP contribution in [0.15, 0.2) is 60.7 Å². The first-order valence-electron chi connectivity index (χ1n) is 10.9. The lowest BCUT2D eigenvalue weighted by atomic mass is 9.69. The van der Waals surface area contributed by atoms with Crippen molar-refractivity contribution in [1.82, 2.24) is 0 Å². The van der Waals surface area contributed by atoms with Crippen molar-refractivity contribution in [2.45, 2.75) is 75.7 Å². The third-order valence-corrected chi connectivity index (χ3v) is 6.91. The van der Waals surface area contributed by atoms with Crippen molar-refractivity contribution in [3.05, 3.63) is 71.8 Å². The lowest BCUT2D eigenvalue weighted by molar-refractivity contribution is -0.258. The molecule has 0 fully saturated rings. The van der Waals surface area contributed by atoms with Crippen LogP contribution in [-0.4, -0.2) is 29.0 Å². The molecule has 0 spiro atoms. The van der Waals surface area contributed by atoms with Gasteiger partial charge in [-0.05, 0) is 50.4 Å². The van der Waals surface area contributed by atoms with Crippen molar-refractivity contribution < 1.29 is 35.2 Å². The van der Waals surface area contributed by atoms with E-state index >= 15 is 0 Å². The predicted molar refractivity (Wildman–Crippen MR) is 126 cm³/mol. The molecule has 0 aromatic heterocycles. The molecule has 2 aromatic carbocycles. The summed E-state index contributed by atoms with van der Waals surface area (Å²) < 4.78 is 98.6. The first kappa shape index (κ1) is 28.6. The van der Waals surface area contributed by atoms with Crippen LogP contribution in [0.25, 0.3) is 0 Å². The topological polar surface area (TPSA) is 18.5 Å². The van der Waals surface area contributed by atoms with Crippen LogP contribution in [0, 0.1) is 0 Å². The number of alkyl halides is 6. The number of rotatable bonds is 9. The highest BCUT2D eigenvalue weighted by atomic mass is 28.4. The van der Waals surface area contributed by atoms with Crippen LogP contribution < -0.4 is 0 Å². The molecule has 0 aliphatic carbocycles. The van der Waals surface area contributed by atoms with Gasteiger partial charge in [-0.25, -0.2) is 0 Å². The molecule has 2 unspecified atom stereocenters. The Morgan fingerprint density at radius 2 is 0.794 bits per heavy atom. The first-order chi connectivity index (χ1) is 15.3. The average Bonchev–Trinajstić information content (AvgIpc) is 2.63. The number of hydrogen-bond acceptors (Lipinski definition) is 2. The Hall–Kier alpha value is -1.63. The summed E-state index contributed by atoms with van der Waals surface area (Å²) in [7, 11) is -5.80. The summed E-state index contributed by atoms with van der Waals surface area (Å²) in [5.41, 5.74) is -4.95. The van der Waals surface area contributed by atoms with E-state index in [1.807, 2.05) is 0 Å². The molecule has 0 saturated carbocycles. The fourth-order valence-electron chi connectivity index (χ4n) is 4.34. The molecule has 2 rings (SSSR count). The van der Waals surface area contributed by atoms with Gasteiger partial charge in [-0.2, -0.15) is 26.3 Å². The molecule has 10 heteroatoms. The Morgan fingerprint density at radius 1 is 0.529 bits per heavy atom. The van der Waals surface area contributed by atoms with E-state index in [1.54, 1.807) is 51.4 Å². The molecule has 0 aliphatic rings. The monoisotopic (exact) mass is 522 g/mol. The molecule has 0 heterocycles. The van der Waals surface area contributed by atoms with Crippen molar-refractivity contribution in [3.63, 3.8) is 0 Å². The Kier molecular flexibility index (Phi) is 8.24. The van der Waals surface area contributed by atoms with E-state index in [0.29, 0.717) is 0 Å². The quantitative estimate of drug-likeness (QED) is 0.243. The van der Waals surface area contributed by atoms with Crippen molar-refractivity contribution in [2.24, 2.45) is 0 Å². The van der Waals surface area contributed by atoms with E-state index < -0.39 is 53.0 Å². The standard InChI is InChI=1S/C24H32F6O2Si2/c1-33(2,3)31-21(17-23(25,26)27,19-13-9-7-10-14-19)22(18-24(28,29)30,32-34(4,5)6)20-15-11-8-12-16-20/h7-16H,17-18H2,1-6H3. The molecule has 190 valence electrons. The van der Waals surface area contributed by atoms with Crippen LogP contribution in [0.1, 0.15) is 24.0 Å². The van der Waals surface area contributed by atoms with Gasteiger partial charge in [0.2, 0.25) is 0 Å². The fraction of sp³-hybridized carbons (Fsp3) is 0.500. The third kappa shape index (κ3) is 7.43. The van der Waals surface area contributed by atoms with Gasteiger partial charge in [0, 0.05) is 0 Å². The van der Waals surface area contributed by atoms with E-state index in [1.165, 1.54) is 48.5 Å². The molecule has 2 nitrogen and oxygen atoms in total. The van der Waals surface area contributed by atoms with Gasteiger partial charge in [0.1, 0.15) is 11.2 Å². The van der Waals surface area contributed by atoms with E-state index in [2.05, 4.69) is 0 Å². The Bertz CT molecular complexity index is 807. The van der Waals surface area contributed by atoms with E-state index in [0.717, 1.165) is 0 Å². The highest BCUT2D eigenvalue weighted by Gasteiger charge is 2.65. The zero-order valence-corrected chi connectivity index (χ0v) is 22.3. The zero-order valence-electron chi connectivity index (χ0n) is 20.3. The van der Waals surface area contributed by atoms with Crippen LogP contribution >= 0.6 is 0 Å². The van der Waals surface area contributed by atoms with E-state index in [9.17, 15) is 26.3 Å². The van der Waals surface area contributed by atoms with Gasteiger partial charge < -0.3 is 8.85 Å². The molecule has 0 aliphatic heterocycles. The highest BCUT2D eigenvalue weighted by molar-refractivity contribution is 6.70. The molecular weight excluding hydrogens is 490 g/mol. The maximum absolute atomic E-state index is 14.3. The lowest BCUT2D eigenvalue weighted by Gasteiger charge is -2.55. The van der Waals surface area contributed by atoms with Crippen LogP contribution in [-0.2, 0) is 20.1 Å². The highest BCUT2D eigenvalue weighted by Crippen LogP contribution is 2.58. The largest absolute Gasteiger partial charge is 0.404 e. The Labute approximate surface area is 199 Å². The maximum Gasteiger partial charge on any atom is 0.392 e. The molecule has 34 heavy (non-hydrogen) atoms.